The number of benzene rings is 1. The summed E-state index contributed by atoms with van der Waals surface area (Å²) in [5.74, 6) is -0.555. The van der Waals surface area contributed by atoms with Crippen molar-refractivity contribution in [2.24, 2.45) is 5.92 Å². The molecule has 1 atom stereocenters. The third kappa shape index (κ3) is 3.57. The molecule has 0 bridgehead atoms. The topological polar surface area (TPSA) is 88.3 Å². The normalized spacial score (nSPS) is 12.0. The number of carboxylic acids is 1. The Kier molecular flexibility index (Phi) is 4.38. The van der Waals surface area contributed by atoms with E-state index in [0.717, 1.165) is 22.6 Å². The third-order valence-electron chi connectivity index (χ3n) is 3.38. The van der Waals surface area contributed by atoms with Gasteiger partial charge in [0, 0.05) is 23.1 Å². The fraction of sp³-hybridized carbons (Fsp3) is 0.188. The van der Waals surface area contributed by atoms with E-state index in [1.165, 1.54) is 17.7 Å². The molecule has 2 aromatic heterocycles. The van der Waals surface area contributed by atoms with Crippen LogP contribution in [0.15, 0.2) is 46.7 Å². The first-order chi connectivity index (χ1) is 11.1. The summed E-state index contributed by atoms with van der Waals surface area (Å²) in [4.78, 5) is 19.2. The predicted octanol–water partition coefficient (Wildman–Crippen LogP) is 3.60. The van der Waals surface area contributed by atoms with Crippen LogP contribution in [-0.4, -0.2) is 27.6 Å². The molecule has 2 N–H and O–H groups in total. The lowest BCUT2D eigenvalue weighted by Crippen LogP contribution is -2.19. The maximum atomic E-state index is 10.8. The summed E-state index contributed by atoms with van der Waals surface area (Å²) in [6.07, 6.45) is 3.07. The largest absolute Gasteiger partial charge is 0.481 e. The maximum Gasteiger partial charge on any atom is 0.308 e. The smallest absolute Gasteiger partial charge is 0.308 e. The molecule has 0 saturated heterocycles. The fourth-order valence-corrected chi connectivity index (χ4v) is 2.71. The molecular weight excluding hydrogens is 314 g/mol. The highest BCUT2D eigenvalue weighted by Gasteiger charge is 2.12. The van der Waals surface area contributed by atoms with Gasteiger partial charge in [-0.2, -0.15) is 0 Å². The van der Waals surface area contributed by atoms with Crippen LogP contribution in [-0.2, 0) is 4.79 Å². The zero-order chi connectivity index (χ0) is 16.2. The summed E-state index contributed by atoms with van der Waals surface area (Å²) in [6, 6.07) is 7.84. The van der Waals surface area contributed by atoms with Gasteiger partial charge in [0.1, 0.15) is 0 Å². The van der Waals surface area contributed by atoms with Crippen LogP contribution in [0.2, 0.25) is 0 Å². The van der Waals surface area contributed by atoms with Gasteiger partial charge in [0.05, 0.1) is 17.8 Å². The van der Waals surface area contributed by atoms with Gasteiger partial charge in [-0.05, 0) is 0 Å². The number of nitrogens with one attached hydrogen (secondary N) is 1. The van der Waals surface area contributed by atoms with E-state index >= 15 is 0 Å². The van der Waals surface area contributed by atoms with Crippen LogP contribution in [0.25, 0.3) is 22.6 Å². The Morgan fingerprint density at radius 1 is 1.35 bits per heavy atom. The number of oxazole rings is 1. The van der Waals surface area contributed by atoms with E-state index in [-0.39, 0.29) is 0 Å². The highest BCUT2D eigenvalue weighted by molar-refractivity contribution is 7.14. The molecule has 0 spiro atoms. The molecule has 0 radical (unpaired) electrons. The van der Waals surface area contributed by atoms with E-state index in [2.05, 4.69) is 15.3 Å². The molecule has 6 nitrogen and oxygen atoms in total. The number of rotatable bonds is 6. The summed E-state index contributed by atoms with van der Waals surface area (Å²) < 4.78 is 5.26. The Labute approximate surface area is 136 Å². The maximum absolute atomic E-state index is 10.8. The molecule has 3 aromatic rings. The third-order valence-corrected chi connectivity index (χ3v) is 4.18. The van der Waals surface area contributed by atoms with E-state index in [1.54, 1.807) is 13.1 Å². The molecular formula is C16H15N3O3S. The zero-order valence-electron chi connectivity index (χ0n) is 12.4. The number of aromatic nitrogens is 2. The number of hydrogen-bond acceptors (Lipinski definition) is 6. The summed E-state index contributed by atoms with van der Waals surface area (Å²) in [6.45, 7) is 2.01. The van der Waals surface area contributed by atoms with Crippen molar-refractivity contribution in [3.05, 3.63) is 42.2 Å². The monoisotopic (exact) mass is 329 g/mol. The van der Waals surface area contributed by atoms with Gasteiger partial charge in [-0.25, -0.2) is 9.97 Å². The molecule has 2 heterocycles. The second-order valence-corrected chi connectivity index (χ2v) is 5.96. The number of carbonyl (C=O) groups is 1. The molecule has 3 rings (SSSR count). The van der Waals surface area contributed by atoms with Gasteiger partial charge in [-0.3, -0.25) is 4.79 Å². The first kappa shape index (κ1) is 15.2. The lowest BCUT2D eigenvalue weighted by Gasteiger charge is -2.06. The summed E-state index contributed by atoms with van der Waals surface area (Å²) >= 11 is 1.46. The van der Waals surface area contributed by atoms with E-state index in [4.69, 9.17) is 9.52 Å². The Morgan fingerprint density at radius 2 is 2.09 bits per heavy atom. The average molecular weight is 329 g/mol. The fourth-order valence-electron chi connectivity index (χ4n) is 1.98. The highest BCUT2D eigenvalue weighted by atomic mass is 32.1. The minimum Gasteiger partial charge on any atom is -0.481 e. The van der Waals surface area contributed by atoms with Crippen LogP contribution in [0.5, 0.6) is 0 Å². The van der Waals surface area contributed by atoms with Gasteiger partial charge in [0.25, 0.3) is 0 Å². The molecule has 23 heavy (non-hydrogen) atoms. The predicted molar refractivity (Wildman–Crippen MR) is 88.3 cm³/mol. The van der Waals surface area contributed by atoms with Gasteiger partial charge >= 0.3 is 5.97 Å². The van der Waals surface area contributed by atoms with Crippen molar-refractivity contribution in [1.82, 2.24) is 9.97 Å². The minimum absolute atomic E-state index is 0.354. The molecule has 0 aliphatic heterocycles. The molecule has 1 unspecified atom stereocenters. The first-order valence-electron chi connectivity index (χ1n) is 7.05. The molecule has 0 saturated carbocycles. The number of anilines is 1. The number of hydrogen-bond donors (Lipinski definition) is 2. The van der Waals surface area contributed by atoms with Crippen molar-refractivity contribution in [2.45, 2.75) is 6.92 Å². The minimum atomic E-state index is -0.822. The molecule has 1 aromatic carbocycles. The molecule has 0 aliphatic rings. The Balaban J connectivity index is 1.69. The summed E-state index contributed by atoms with van der Waals surface area (Å²) in [5, 5.41) is 14.6. The number of carboxylic acid groups (broad SMARTS) is 1. The number of aliphatic carboxylic acids is 1. The van der Waals surface area contributed by atoms with Crippen molar-refractivity contribution in [1.29, 1.82) is 0 Å². The van der Waals surface area contributed by atoms with Crippen molar-refractivity contribution in [3.63, 3.8) is 0 Å². The van der Waals surface area contributed by atoms with E-state index < -0.39 is 11.9 Å². The van der Waals surface area contributed by atoms with Crippen LogP contribution in [0.1, 0.15) is 6.92 Å². The van der Waals surface area contributed by atoms with Crippen molar-refractivity contribution < 1.29 is 14.3 Å². The summed E-state index contributed by atoms with van der Waals surface area (Å²) in [5.41, 5.74) is 2.79. The van der Waals surface area contributed by atoms with Gasteiger partial charge in [-0.1, -0.05) is 31.2 Å². The Hall–Kier alpha value is -2.67. The quantitative estimate of drug-likeness (QED) is 0.718. The van der Waals surface area contributed by atoms with Crippen molar-refractivity contribution in [3.8, 4) is 22.6 Å². The van der Waals surface area contributed by atoms with Gasteiger partial charge in [0.15, 0.2) is 17.3 Å². The van der Waals surface area contributed by atoms with Gasteiger partial charge in [-0.15, -0.1) is 11.3 Å². The first-order valence-corrected chi connectivity index (χ1v) is 7.93. The number of thiazole rings is 1. The van der Waals surface area contributed by atoms with Crippen LogP contribution in [0, 0.1) is 5.92 Å². The second-order valence-electron chi connectivity index (χ2n) is 5.10. The molecule has 0 fully saturated rings. The van der Waals surface area contributed by atoms with E-state index in [0.29, 0.717) is 11.7 Å². The van der Waals surface area contributed by atoms with Crippen LogP contribution in [0.4, 0.5) is 5.13 Å². The Morgan fingerprint density at radius 3 is 2.74 bits per heavy atom. The standard InChI is InChI=1S/C16H15N3O3S/c1-10(15(20)21)6-18-16-19-13(8-23-16)11-2-4-12(5-3-11)14-7-17-9-22-14/h2-5,7-10H,6H2,1H3,(H,18,19)(H,20,21). The second kappa shape index (κ2) is 6.62. The van der Waals surface area contributed by atoms with Crippen LogP contribution in [0.3, 0.4) is 0 Å². The van der Waals surface area contributed by atoms with Crippen LogP contribution < -0.4 is 5.32 Å². The zero-order valence-corrected chi connectivity index (χ0v) is 13.2. The number of nitrogens with zero attached hydrogens (tertiary/aromatic N) is 2. The average Bonchev–Trinajstić information content (AvgIpc) is 3.24. The lowest BCUT2D eigenvalue weighted by atomic mass is 10.1. The van der Waals surface area contributed by atoms with E-state index in [9.17, 15) is 4.79 Å². The molecule has 0 amide bonds. The van der Waals surface area contributed by atoms with E-state index in [1.807, 2.05) is 29.6 Å². The van der Waals surface area contributed by atoms with Crippen LogP contribution >= 0.6 is 11.3 Å². The van der Waals surface area contributed by atoms with Crippen molar-refractivity contribution >= 4 is 22.4 Å². The van der Waals surface area contributed by atoms with Gasteiger partial charge < -0.3 is 14.8 Å². The SMILES string of the molecule is CC(CNc1nc(-c2ccc(-c3cnco3)cc2)cs1)C(=O)O. The Bertz CT molecular complexity index is 781. The summed E-state index contributed by atoms with van der Waals surface area (Å²) in [7, 11) is 0. The van der Waals surface area contributed by atoms with Gasteiger partial charge in [0.2, 0.25) is 0 Å². The lowest BCUT2D eigenvalue weighted by molar-refractivity contribution is -0.140. The highest BCUT2D eigenvalue weighted by Crippen LogP contribution is 2.27. The molecule has 7 heteroatoms. The molecule has 0 aliphatic carbocycles. The molecule has 118 valence electrons. The van der Waals surface area contributed by atoms with Crippen molar-refractivity contribution in [2.75, 3.05) is 11.9 Å².